The van der Waals surface area contributed by atoms with Crippen LogP contribution in [-0.2, 0) is 0 Å². The van der Waals surface area contributed by atoms with Crippen LogP contribution in [0.1, 0.15) is 0 Å². The SMILES string of the molecule is O=c1[nH]c(-c2ccc(OCCO)cc2)nc2cc3ccccc3cc12. The Morgan fingerprint density at radius 3 is 2.44 bits per heavy atom. The largest absolute Gasteiger partial charge is 0.491 e. The van der Waals surface area contributed by atoms with Crippen LogP contribution in [0.25, 0.3) is 33.1 Å². The molecule has 4 rings (SSSR count). The first-order valence-corrected chi connectivity index (χ1v) is 8.01. The number of fused-ring (bicyclic) bond motifs is 2. The summed E-state index contributed by atoms with van der Waals surface area (Å²) in [6, 6.07) is 18.9. The number of nitrogens with one attached hydrogen (secondary N) is 1. The van der Waals surface area contributed by atoms with Crippen molar-refractivity contribution in [3.8, 4) is 17.1 Å². The summed E-state index contributed by atoms with van der Waals surface area (Å²) in [6.07, 6.45) is 0. The molecule has 3 aromatic carbocycles. The first-order chi connectivity index (χ1) is 12.2. The Morgan fingerprint density at radius 1 is 1.00 bits per heavy atom. The summed E-state index contributed by atoms with van der Waals surface area (Å²) in [5, 5.41) is 11.4. The molecule has 2 N–H and O–H groups in total. The highest BCUT2D eigenvalue weighted by molar-refractivity contribution is 5.96. The van der Waals surface area contributed by atoms with E-state index in [2.05, 4.69) is 9.97 Å². The number of nitrogens with zero attached hydrogens (tertiary/aromatic N) is 1. The van der Waals surface area contributed by atoms with Crippen molar-refractivity contribution in [1.29, 1.82) is 0 Å². The number of aliphatic hydroxyl groups is 1. The van der Waals surface area contributed by atoms with Gasteiger partial charge in [0.15, 0.2) is 0 Å². The predicted molar refractivity (Wildman–Crippen MR) is 97.9 cm³/mol. The smallest absolute Gasteiger partial charge is 0.259 e. The van der Waals surface area contributed by atoms with Crippen molar-refractivity contribution >= 4 is 21.7 Å². The van der Waals surface area contributed by atoms with Crippen LogP contribution in [0.3, 0.4) is 0 Å². The monoisotopic (exact) mass is 332 g/mol. The Morgan fingerprint density at radius 2 is 1.72 bits per heavy atom. The quantitative estimate of drug-likeness (QED) is 0.563. The summed E-state index contributed by atoms with van der Waals surface area (Å²) in [4.78, 5) is 19.9. The van der Waals surface area contributed by atoms with Crippen LogP contribution < -0.4 is 10.3 Å². The third-order valence-corrected chi connectivity index (χ3v) is 4.06. The Kier molecular flexibility index (Phi) is 3.91. The van der Waals surface area contributed by atoms with Gasteiger partial charge in [0.1, 0.15) is 18.2 Å². The Labute approximate surface area is 143 Å². The lowest BCUT2D eigenvalue weighted by Gasteiger charge is -2.07. The molecular formula is C20H16N2O3. The van der Waals surface area contributed by atoms with Crippen molar-refractivity contribution in [2.75, 3.05) is 13.2 Å². The minimum absolute atomic E-state index is 0.0325. The van der Waals surface area contributed by atoms with Crippen molar-refractivity contribution in [1.82, 2.24) is 9.97 Å². The van der Waals surface area contributed by atoms with Gasteiger partial charge >= 0.3 is 0 Å². The maximum atomic E-state index is 12.5. The fourth-order valence-corrected chi connectivity index (χ4v) is 2.84. The van der Waals surface area contributed by atoms with Crippen LogP contribution in [0.5, 0.6) is 5.75 Å². The van der Waals surface area contributed by atoms with E-state index in [-0.39, 0.29) is 18.8 Å². The first kappa shape index (κ1) is 15.4. The second-order valence-corrected chi connectivity index (χ2v) is 5.73. The lowest BCUT2D eigenvalue weighted by molar-refractivity contribution is 0.201. The summed E-state index contributed by atoms with van der Waals surface area (Å²) in [5.41, 5.74) is 1.30. The maximum Gasteiger partial charge on any atom is 0.259 e. The summed E-state index contributed by atoms with van der Waals surface area (Å²) in [6.45, 7) is 0.215. The molecule has 0 aliphatic carbocycles. The molecule has 0 atom stereocenters. The molecule has 25 heavy (non-hydrogen) atoms. The van der Waals surface area contributed by atoms with Crippen LogP contribution in [0.4, 0.5) is 0 Å². The van der Waals surface area contributed by atoms with E-state index in [1.54, 1.807) is 12.1 Å². The van der Waals surface area contributed by atoms with Gasteiger partial charge in [-0.3, -0.25) is 4.79 Å². The summed E-state index contributed by atoms with van der Waals surface area (Å²) < 4.78 is 5.35. The summed E-state index contributed by atoms with van der Waals surface area (Å²) >= 11 is 0. The molecule has 4 aromatic rings. The molecule has 5 nitrogen and oxygen atoms in total. The molecule has 0 fully saturated rings. The van der Waals surface area contributed by atoms with Gasteiger partial charge < -0.3 is 14.8 Å². The van der Waals surface area contributed by atoms with Gasteiger partial charge in [0.25, 0.3) is 5.56 Å². The van der Waals surface area contributed by atoms with Gasteiger partial charge in [0.2, 0.25) is 0 Å². The second-order valence-electron chi connectivity index (χ2n) is 5.73. The fraction of sp³-hybridized carbons (Fsp3) is 0.100. The van der Waals surface area contributed by atoms with E-state index in [9.17, 15) is 4.79 Å². The van der Waals surface area contributed by atoms with Crippen molar-refractivity contribution in [2.24, 2.45) is 0 Å². The van der Waals surface area contributed by atoms with Crippen LogP contribution in [-0.4, -0.2) is 28.3 Å². The van der Waals surface area contributed by atoms with Gasteiger partial charge in [-0.15, -0.1) is 0 Å². The zero-order valence-corrected chi connectivity index (χ0v) is 13.4. The van der Waals surface area contributed by atoms with Gasteiger partial charge in [-0.25, -0.2) is 4.98 Å². The van der Waals surface area contributed by atoms with Crippen molar-refractivity contribution in [3.63, 3.8) is 0 Å². The van der Waals surface area contributed by atoms with Crippen molar-refractivity contribution in [3.05, 3.63) is 71.0 Å². The highest BCUT2D eigenvalue weighted by Gasteiger charge is 2.08. The van der Waals surface area contributed by atoms with Crippen LogP contribution >= 0.6 is 0 Å². The van der Waals surface area contributed by atoms with Gasteiger partial charge in [0.05, 0.1) is 17.5 Å². The average Bonchev–Trinajstić information content (AvgIpc) is 2.65. The molecule has 0 aliphatic rings. The van der Waals surface area contributed by atoms with Gasteiger partial charge in [-0.05, 0) is 47.2 Å². The molecular weight excluding hydrogens is 316 g/mol. The molecule has 1 heterocycles. The number of aromatic amines is 1. The number of hydrogen-bond donors (Lipinski definition) is 2. The molecule has 0 saturated heterocycles. The fourth-order valence-electron chi connectivity index (χ4n) is 2.84. The minimum Gasteiger partial charge on any atom is -0.491 e. The number of aromatic nitrogens is 2. The molecule has 0 bridgehead atoms. The van der Waals surface area contributed by atoms with Crippen molar-refractivity contribution in [2.45, 2.75) is 0 Å². The average molecular weight is 332 g/mol. The lowest BCUT2D eigenvalue weighted by Crippen LogP contribution is -2.09. The summed E-state index contributed by atoms with van der Waals surface area (Å²) in [7, 11) is 0. The van der Waals surface area contributed by atoms with Crippen LogP contribution in [0.2, 0.25) is 0 Å². The standard InChI is InChI=1S/C20H16N2O3/c23-9-10-25-16-7-5-13(6-8-16)19-21-18-12-15-4-2-1-3-14(15)11-17(18)20(24)22-19/h1-8,11-12,23H,9-10H2,(H,21,22,24). The molecule has 0 spiro atoms. The molecule has 5 heteroatoms. The van der Waals surface area contributed by atoms with Crippen LogP contribution in [0, 0.1) is 0 Å². The maximum absolute atomic E-state index is 12.5. The van der Waals surface area contributed by atoms with E-state index >= 15 is 0 Å². The normalized spacial score (nSPS) is 11.1. The molecule has 0 radical (unpaired) electrons. The number of rotatable bonds is 4. The lowest BCUT2D eigenvalue weighted by atomic mass is 10.1. The van der Waals surface area contributed by atoms with Gasteiger partial charge in [-0.2, -0.15) is 0 Å². The van der Waals surface area contributed by atoms with E-state index in [1.165, 1.54) is 0 Å². The van der Waals surface area contributed by atoms with Crippen molar-refractivity contribution < 1.29 is 9.84 Å². The zero-order valence-electron chi connectivity index (χ0n) is 13.4. The van der Waals surface area contributed by atoms with E-state index in [1.807, 2.05) is 48.5 Å². The summed E-state index contributed by atoms with van der Waals surface area (Å²) in [5.74, 6) is 1.17. The number of hydrogen-bond acceptors (Lipinski definition) is 4. The molecule has 0 amide bonds. The van der Waals surface area contributed by atoms with Gasteiger partial charge in [0, 0.05) is 5.56 Å². The Hall–Kier alpha value is -3.18. The first-order valence-electron chi connectivity index (χ1n) is 8.01. The van der Waals surface area contributed by atoms with E-state index in [4.69, 9.17) is 9.84 Å². The topological polar surface area (TPSA) is 75.2 Å². The number of benzene rings is 3. The second kappa shape index (κ2) is 6.37. The van der Waals surface area contributed by atoms with Crippen LogP contribution in [0.15, 0.2) is 65.5 Å². The number of aliphatic hydroxyl groups excluding tert-OH is 1. The number of H-pyrrole nitrogens is 1. The minimum atomic E-state index is -0.161. The third kappa shape index (κ3) is 2.97. The highest BCUT2D eigenvalue weighted by atomic mass is 16.5. The zero-order chi connectivity index (χ0) is 17.2. The third-order valence-electron chi connectivity index (χ3n) is 4.06. The van der Waals surface area contributed by atoms with E-state index in [0.717, 1.165) is 16.3 Å². The van der Waals surface area contributed by atoms with E-state index < -0.39 is 0 Å². The van der Waals surface area contributed by atoms with Gasteiger partial charge in [-0.1, -0.05) is 24.3 Å². The Bertz CT molecular complexity index is 1100. The highest BCUT2D eigenvalue weighted by Crippen LogP contribution is 2.23. The number of ether oxygens (including phenoxy) is 1. The molecule has 0 saturated carbocycles. The molecule has 1 aromatic heterocycles. The molecule has 0 unspecified atom stereocenters. The van der Waals surface area contributed by atoms with E-state index in [0.29, 0.717) is 22.5 Å². The predicted octanol–water partition coefficient (Wildman–Crippen LogP) is 3.11. The molecule has 124 valence electrons. The Balaban J connectivity index is 1.79. The molecule has 0 aliphatic heterocycles.